The highest BCUT2D eigenvalue weighted by Crippen LogP contribution is 2.35. The minimum absolute atomic E-state index is 0.0263. The molecule has 0 aliphatic carbocycles. The fourth-order valence-corrected chi connectivity index (χ4v) is 4.44. The van der Waals surface area contributed by atoms with Crippen LogP contribution in [0.4, 0.5) is 0 Å². The van der Waals surface area contributed by atoms with Gasteiger partial charge < -0.3 is 20.3 Å². The fraction of sp³-hybridized carbons (Fsp3) is 0.367. The molecular formula is C30H36N2O5. The molecule has 7 heteroatoms. The van der Waals surface area contributed by atoms with Gasteiger partial charge in [0.1, 0.15) is 23.9 Å². The maximum atomic E-state index is 12.1. The van der Waals surface area contributed by atoms with Crippen LogP contribution in [0.5, 0.6) is 17.2 Å². The van der Waals surface area contributed by atoms with Crippen LogP contribution in [0.2, 0.25) is 0 Å². The van der Waals surface area contributed by atoms with Gasteiger partial charge in [-0.3, -0.25) is 14.6 Å². The molecule has 1 heterocycles. The molecule has 0 saturated carbocycles. The summed E-state index contributed by atoms with van der Waals surface area (Å²) in [6.07, 6.45) is 8.41. The number of aromatic hydroxyl groups is 1. The molecule has 0 radical (unpaired) electrons. The number of phenols is 1. The van der Waals surface area contributed by atoms with E-state index in [9.17, 15) is 14.7 Å². The topological polar surface area (TPSA) is 112 Å². The van der Waals surface area contributed by atoms with Gasteiger partial charge in [-0.1, -0.05) is 25.5 Å². The first-order valence-corrected chi connectivity index (χ1v) is 12.8. The maximum absolute atomic E-state index is 12.1. The Balaban J connectivity index is 1.88. The highest BCUT2D eigenvalue weighted by atomic mass is 16.5. The predicted molar refractivity (Wildman–Crippen MR) is 143 cm³/mol. The molecule has 0 aliphatic heterocycles. The number of ketones is 1. The van der Waals surface area contributed by atoms with Crippen molar-refractivity contribution < 1.29 is 24.2 Å². The number of amides is 1. The first-order chi connectivity index (χ1) is 17.9. The summed E-state index contributed by atoms with van der Waals surface area (Å²) in [5.41, 5.74) is 9.87. The van der Waals surface area contributed by atoms with Gasteiger partial charge in [-0.25, -0.2) is 0 Å². The number of hydrogen-bond donors (Lipinski definition) is 2. The van der Waals surface area contributed by atoms with Crippen LogP contribution in [0.25, 0.3) is 0 Å². The van der Waals surface area contributed by atoms with E-state index in [-0.39, 0.29) is 23.7 Å². The zero-order valence-corrected chi connectivity index (χ0v) is 21.9. The van der Waals surface area contributed by atoms with Gasteiger partial charge in [0.15, 0.2) is 5.78 Å². The minimum atomic E-state index is -0.539. The Hall–Kier alpha value is -3.87. The first-order valence-electron chi connectivity index (χ1n) is 12.8. The average molecular weight is 505 g/mol. The third-order valence-corrected chi connectivity index (χ3v) is 6.28. The van der Waals surface area contributed by atoms with E-state index in [4.69, 9.17) is 15.2 Å². The number of hydrogen-bond acceptors (Lipinski definition) is 6. The molecule has 3 N–H and O–H groups in total. The Morgan fingerprint density at radius 2 is 1.70 bits per heavy atom. The van der Waals surface area contributed by atoms with Gasteiger partial charge in [-0.2, -0.15) is 0 Å². The predicted octanol–water partition coefficient (Wildman–Crippen LogP) is 5.58. The second-order valence-corrected chi connectivity index (χ2v) is 8.98. The highest BCUT2D eigenvalue weighted by Gasteiger charge is 2.20. The van der Waals surface area contributed by atoms with E-state index >= 15 is 0 Å². The van der Waals surface area contributed by atoms with Crippen LogP contribution in [-0.2, 0) is 25.9 Å². The molecule has 0 fully saturated rings. The fourth-order valence-electron chi connectivity index (χ4n) is 4.44. The molecule has 0 bridgehead atoms. The lowest BCUT2D eigenvalue weighted by atomic mass is 9.96. The van der Waals surface area contributed by atoms with E-state index in [2.05, 4.69) is 11.1 Å². The third-order valence-electron chi connectivity index (χ3n) is 6.28. The number of Topliss-reactive ketones (excluding diaryl/α,β-unsaturated/α-hetero) is 1. The monoisotopic (exact) mass is 504 g/mol. The van der Waals surface area contributed by atoms with Gasteiger partial charge in [0.2, 0.25) is 0 Å². The zero-order chi connectivity index (χ0) is 26.8. The highest BCUT2D eigenvalue weighted by molar-refractivity contribution is 5.97. The van der Waals surface area contributed by atoms with Crippen LogP contribution >= 0.6 is 0 Å². The van der Waals surface area contributed by atoms with E-state index < -0.39 is 5.91 Å². The molecule has 2 aromatic carbocycles. The third kappa shape index (κ3) is 7.09. The number of rotatable bonds is 14. The lowest BCUT2D eigenvalue weighted by molar-refractivity contribution is 0.0992. The quantitative estimate of drug-likeness (QED) is 0.219. The summed E-state index contributed by atoms with van der Waals surface area (Å²) in [4.78, 5) is 28.2. The van der Waals surface area contributed by atoms with Crippen molar-refractivity contribution in [3.8, 4) is 17.2 Å². The van der Waals surface area contributed by atoms with Gasteiger partial charge in [0.05, 0.1) is 17.7 Å². The van der Waals surface area contributed by atoms with Crippen LogP contribution in [0, 0.1) is 0 Å². The van der Waals surface area contributed by atoms with E-state index in [0.717, 1.165) is 36.8 Å². The standard InChI is InChI=1S/C30H36N2O5/c1-4-9-25-27(16-15-23(20(3)33)28(25)34)37-19-22-13-14-26(30(31)35)29(36-5-2)24(22)12-7-6-10-21-11-8-17-32-18-21/h8,11,13-18,34H,4-7,9-10,12,19H2,1-3H3,(H2,31,35). The van der Waals surface area contributed by atoms with Crippen LogP contribution < -0.4 is 15.2 Å². The van der Waals surface area contributed by atoms with Crippen LogP contribution in [0.3, 0.4) is 0 Å². The molecule has 1 aromatic heterocycles. The molecule has 0 saturated heterocycles. The van der Waals surface area contributed by atoms with Crippen LogP contribution in [0.1, 0.15) is 83.0 Å². The number of nitrogens with two attached hydrogens (primary N) is 1. The van der Waals surface area contributed by atoms with E-state index in [1.807, 2.05) is 32.2 Å². The number of phenolic OH excluding ortho intramolecular Hbond substituents is 1. The summed E-state index contributed by atoms with van der Waals surface area (Å²) in [7, 11) is 0. The second kappa shape index (κ2) is 13.4. The Kier molecular flexibility index (Phi) is 10.1. The summed E-state index contributed by atoms with van der Waals surface area (Å²) in [5, 5.41) is 10.7. The van der Waals surface area contributed by atoms with Gasteiger partial charge in [0.25, 0.3) is 5.91 Å². The van der Waals surface area contributed by atoms with Crippen LogP contribution in [-0.4, -0.2) is 28.4 Å². The zero-order valence-electron chi connectivity index (χ0n) is 21.9. The van der Waals surface area contributed by atoms with Gasteiger partial charge in [-0.05, 0) is 81.3 Å². The Labute approximate surface area is 218 Å². The number of nitrogens with zero attached hydrogens (tertiary/aromatic N) is 1. The molecule has 7 nitrogen and oxygen atoms in total. The molecular weight excluding hydrogens is 468 g/mol. The minimum Gasteiger partial charge on any atom is -0.507 e. The van der Waals surface area contributed by atoms with Gasteiger partial charge in [-0.15, -0.1) is 0 Å². The van der Waals surface area contributed by atoms with Gasteiger partial charge in [0, 0.05) is 23.5 Å². The summed E-state index contributed by atoms with van der Waals surface area (Å²) in [6.45, 7) is 5.92. The van der Waals surface area contributed by atoms with Crippen molar-refractivity contribution in [1.82, 2.24) is 4.98 Å². The van der Waals surface area contributed by atoms with E-state index in [0.29, 0.717) is 42.1 Å². The molecule has 0 spiro atoms. The number of unbranched alkanes of at least 4 members (excludes halogenated alkanes) is 1. The number of benzene rings is 2. The molecule has 0 atom stereocenters. The van der Waals surface area contributed by atoms with Gasteiger partial charge >= 0.3 is 0 Å². The number of ether oxygens (including phenoxy) is 2. The van der Waals surface area contributed by atoms with Crippen molar-refractivity contribution in [1.29, 1.82) is 0 Å². The SMILES string of the molecule is CCCc1c(OCc2ccc(C(N)=O)c(OCC)c2CCCCc2cccnc2)ccc(C(C)=O)c1O. The number of carbonyl (C=O) groups is 2. The number of primary amides is 1. The summed E-state index contributed by atoms with van der Waals surface area (Å²) >= 11 is 0. The van der Waals surface area contributed by atoms with Crippen molar-refractivity contribution in [2.24, 2.45) is 5.73 Å². The second-order valence-electron chi connectivity index (χ2n) is 8.98. The van der Waals surface area contributed by atoms with E-state index in [1.165, 1.54) is 12.5 Å². The molecule has 1 amide bonds. The summed E-state index contributed by atoms with van der Waals surface area (Å²) in [5.74, 6) is 0.271. The molecule has 0 aliphatic rings. The Bertz CT molecular complexity index is 1220. The lowest BCUT2D eigenvalue weighted by Gasteiger charge is -2.19. The van der Waals surface area contributed by atoms with Crippen molar-refractivity contribution in [2.75, 3.05) is 6.61 Å². The number of aromatic nitrogens is 1. The maximum Gasteiger partial charge on any atom is 0.252 e. The molecule has 37 heavy (non-hydrogen) atoms. The molecule has 3 aromatic rings. The summed E-state index contributed by atoms with van der Waals surface area (Å²) < 4.78 is 12.1. The van der Waals surface area contributed by atoms with Crippen molar-refractivity contribution >= 4 is 11.7 Å². The number of aryl methyl sites for hydroxylation is 1. The molecule has 0 unspecified atom stereocenters. The average Bonchev–Trinajstić information content (AvgIpc) is 2.88. The Morgan fingerprint density at radius 1 is 0.946 bits per heavy atom. The lowest BCUT2D eigenvalue weighted by Crippen LogP contribution is -2.16. The molecule has 3 rings (SSSR count). The Morgan fingerprint density at radius 3 is 2.35 bits per heavy atom. The number of pyridine rings is 1. The molecule has 196 valence electrons. The normalized spacial score (nSPS) is 10.8. The largest absolute Gasteiger partial charge is 0.507 e. The van der Waals surface area contributed by atoms with Crippen molar-refractivity contribution in [3.63, 3.8) is 0 Å². The summed E-state index contributed by atoms with van der Waals surface area (Å²) in [6, 6.07) is 10.8. The number of carbonyl (C=O) groups excluding carboxylic acids is 2. The first kappa shape index (κ1) is 27.7. The smallest absolute Gasteiger partial charge is 0.252 e. The van der Waals surface area contributed by atoms with Crippen molar-refractivity contribution in [2.45, 2.75) is 65.9 Å². The van der Waals surface area contributed by atoms with E-state index in [1.54, 1.807) is 24.4 Å². The van der Waals surface area contributed by atoms with Crippen LogP contribution in [0.15, 0.2) is 48.8 Å². The van der Waals surface area contributed by atoms with Crippen molar-refractivity contribution in [3.05, 3.63) is 82.2 Å².